The molecule has 100 valence electrons. The molecule has 5 heteroatoms. The van der Waals surface area contributed by atoms with Crippen molar-refractivity contribution in [3.05, 3.63) is 0 Å². The predicted molar refractivity (Wildman–Crippen MR) is 73.9 cm³/mol. The van der Waals surface area contributed by atoms with Crippen LogP contribution in [-0.2, 0) is 9.53 Å². The van der Waals surface area contributed by atoms with E-state index >= 15 is 0 Å². The molecule has 0 heterocycles. The zero-order chi connectivity index (χ0) is 13.5. The molecule has 0 aromatic heterocycles. The van der Waals surface area contributed by atoms with Crippen LogP contribution in [0.3, 0.4) is 0 Å². The van der Waals surface area contributed by atoms with Gasteiger partial charge in [0.2, 0.25) is 5.91 Å². The fourth-order valence-electron chi connectivity index (χ4n) is 1.62. The van der Waals surface area contributed by atoms with E-state index in [1.54, 1.807) is 7.11 Å². The highest BCUT2D eigenvalue weighted by atomic mass is 32.1. The van der Waals surface area contributed by atoms with Gasteiger partial charge in [-0.15, -0.1) is 0 Å². The lowest BCUT2D eigenvalue weighted by Gasteiger charge is -2.31. The average molecular weight is 260 g/mol. The summed E-state index contributed by atoms with van der Waals surface area (Å²) in [5.41, 5.74) is 5.18. The summed E-state index contributed by atoms with van der Waals surface area (Å²) in [4.78, 5) is 12.2. The van der Waals surface area contributed by atoms with Crippen LogP contribution in [0.5, 0.6) is 0 Å². The Bertz CT molecular complexity index is 265. The molecule has 1 amide bonds. The molecule has 1 unspecified atom stereocenters. The van der Waals surface area contributed by atoms with E-state index in [4.69, 9.17) is 22.7 Å². The number of methoxy groups -OCH3 is 1. The molecule has 0 spiro atoms. The maximum Gasteiger partial charge on any atom is 0.220 e. The Labute approximate surface area is 109 Å². The standard InChI is InChI=1S/C12H24N2O2S/c1-5-12(6-2,11(13)17)14-10(15)8-7-9(3)16-4/h9H,5-8H2,1-4H3,(H2,13,17)(H,14,15). The van der Waals surface area contributed by atoms with Crippen LogP contribution in [0.1, 0.15) is 46.5 Å². The van der Waals surface area contributed by atoms with Gasteiger partial charge in [-0.05, 0) is 26.2 Å². The van der Waals surface area contributed by atoms with Crippen molar-refractivity contribution in [3.63, 3.8) is 0 Å². The van der Waals surface area contributed by atoms with Crippen LogP contribution < -0.4 is 11.1 Å². The van der Waals surface area contributed by atoms with Crippen LogP contribution >= 0.6 is 12.2 Å². The lowest BCUT2D eigenvalue weighted by atomic mass is 9.92. The third kappa shape index (κ3) is 5.00. The van der Waals surface area contributed by atoms with Crippen LogP contribution in [0.15, 0.2) is 0 Å². The fraction of sp³-hybridized carbons (Fsp3) is 0.833. The molecule has 0 rings (SSSR count). The largest absolute Gasteiger partial charge is 0.391 e. The lowest BCUT2D eigenvalue weighted by Crippen LogP contribution is -2.56. The Morgan fingerprint density at radius 1 is 1.47 bits per heavy atom. The second-order valence-corrected chi connectivity index (χ2v) is 4.73. The first-order valence-electron chi connectivity index (χ1n) is 6.05. The van der Waals surface area contributed by atoms with Crippen molar-refractivity contribution < 1.29 is 9.53 Å². The number of nitrogens with one attached hydrogen (secondary N) is 1. The summed E-state index contributed by atoms with van der Waals surface area (Å²) < 4.78 is 5.10. The lowest BCUT2D eigenvalue weighted by molar-refractivity contribution is -0.123. The highest BCUT2D eigenvalue weighted by Crippen LogP contribution is 2.16. The molecule has 0 radical (unpaired) electrons. The second kappa shape index (κ2) is 7.61. The summed E-state index contributed by atoms with van der Waals surface area (Å²) in [7, 11) is 1.64. The van der Waals surface area contributed by atoms with Gasteiger partial charge >= 0.3 is 0 Å². The van der Waals surface area contributed by atoms with Crippen LogP contribution in [0, 0.1) is 0 Å². The Kier molecular flexibility index (Phi) is 7.30. The van der Waals surface area contributed by atoms with Crippen molar-refractivity contribution in [2.24, 2.45) is 5.73 Å². The highest BCUT2D eigenvalue weighted by molar-refractivity contribution is 7.80. The Morgan fingerprint density at radius 3 is 2.35 bits per heavy atom. The number of thiocarbonyl (C=S) groups is 1. The van der Waals surface area contributed by atoms with E-state index in [9.17, 15) is 4.79 Å². The minimum Gasteiger partial charge on any atom is -0.391 e. The fourth-order valence-corrected chi connectivity index (χ4v) is 1.96. The summed E-state index contributed by atoms with van der Waals surface area (Å²) in [5, 5.41) is 2.95. The van der Waals surface area contributed by atoms with Crippen LogP contribution in [0.2, 0.25) is 0 Å². The summed E-state index contributed by atoms with van der Waals surface area (Å²) in [6.07, 6.45) is 2.64. The van der Waals surface area contributed by atoms with Gasteiger partial charge in [-0.1, -0.05) is 26.1 Å². The molecule has 0 aliphatic rings. The van der Waals surface area contributed by atoms with E-state index in [-0.39, 0.29) is 12.0 Å². The van der Waals surface area contributed by atoms with Crippen molar-refractivity contribution in [1.82, 2.24) is 5.32 Å². The van der Waals surface area contributed by atoms with Crippen molar-refractivity contribution >= 4 is 23.1 Å². The molecule has 17 heavy (non-hydrogen) atoms. The van der Waals surface area contributed by atoms with Gasteiger partial charge in [-0.3, -0.25) is 4.79 Å². The molecule has 0 saturated heterocycles. The molecule has 4 nitrogen and oxygen atoms in total. The van der Waals surface area contributed by atoms with Gasteiger partial charge in [0, 0.05) is 13.5 Å². The maximum atomic E-state index is 11.8. The smallest absolute Gasteiger partial charge is 0.220 e. The predicted octanol–water partition coefficient (Wildman–Crippen LogP) is 1.76. The molecule has 0 saturated carbocycles. The first-order chi connectivity index (χ1) is 7.91. The number of amides is 1. The zero-order valence-electron chi connectivity index (χ0n) is 11.2. The molecule has 0 aromatic rings. The highest BCUT2D eigenvalue weighted by Gasteiger charge is 2.31. The second-order valence-electron chi connectivity index (χ2n) is 4.29. The van der Waals surface area contributed by atoms with Crippen molar-refractivity contribution in [1.29, 1.82) is 0 Å². The normalized spacial score (nSPS) is 13.2. The quantitative estimate of drug-likeness (QED) is 0.653. The number of carbonyl (C=O) groups excluding carboxylic acids is 1. The minimum absolute atomic E-state index is 0.0228. The van der Waals surface area contributed by atoms with Gasteiger partial charge in [0.15, 0.2) is 0 Å². The van der Waals surface area contributed by atoms with Gasteiger partial charge < -0.3 is 15.8 Å². The molecule has 1 atom stereocenters. The minimum atomic E-state index is -0.539. The Morgan fingerprint density at radius 2 is 2.00 bits per heavy atom. The molecular weight excluding hydrogens is 236 g/mol. The summed E-state index contributed by atoms with van der Waals surface area (Å²) in [6, 6.07) is 0. The van der Waals surface area contributed by atoms with E-state index in [1.165, 1.54) is 0 Å². The summed E-state index contributed by atoms with van der Waals surface area (Å²) in [6.45, 7) is 5.88. The van der Waals surface area contributed by atoms with Crippen LogP contribution in [0.4, 0.5) is 0 Å². The molecule has 0 fully saturated rings. The number of nitrogens with two attached hydrogens (primary N) is 1. The first kappa shape index (κ1) is 16.3. The Balaban J connectivity index is 4.37. The van der Waals surface area contributed by atoms with Crippen LogP contribution in [-0.4, -0.2) is 29.6 Å². The van der Waals surface area contributed by atoms with Gasteiger partial charge in [-0.2, -0.15) is 0 Å². The van der Waals surface area contributed by atoms with Crippen molar-refractivity contribution in [3.8, 4) is 0 Å². The van der Waals surface area contributed by atoms with E-state index < -0.39 is 5.54 Å². The zero-order valence-corrected chi connectivity index (χ0v) is 12.0. The monoisotopic (exact) mass is 260 g/mol. The molecule has 0 aliphatic heterocycles. The van der Waals surface area contributed by atoms with E-state index in [0.29, 0.717) is 30.7 Å². The van der Waals surface area contributed by atoms with Gasteiger partial charge in [0.25, 0.3) is 0 Å². The first-order valence-corrected chi connectivity index (χ1v) is 6.46. The molecule has 0 bridgehead atoms. The topological polar surface area (TPSA) is 64.3 Å². The Hall–Kier alpha value is -0.680. The molecule has 0 aliphatic carbocycles. The number of rotatable bonds is 8. The third-order valence-electron chi connectivity index (χ3n) is 3.24. The van der Waals surface area contributed by atoms with Gasteiger partial charge in [-0.25, -0.2) is 0 Å². The van der Waals surface area contributed by atoms with Gasteiger partial charge in [0.05, 0.1) is 16.6 Å². The van der Waals surface area contributed by atoms with Crippen LogP contribution in [0.25, 0.3) is 0 Å². The molecular formula is C12H24N2O2S. The molecule has 3 N–H and O–H groups in total. The van der Waals surface area contributed by atoms with E-state index in [0.717, 1.165) is 0 Å². The third-order valence-corrected chi connectivity index (χ3v) is 3.63. The molecule has 0 aromatic carbocycles. The maximum absolute atomic E-state index is 11.8. The number of ether oxygens (including phenoxy) is 1. The summed E-state index contributed by atoms with van der Waals surface area (Å²) >= 11 is 5.04. The summed E-state index contributed by atoms with van der Waals surface area (Å²) in [5.74, 6) is -0.0228. The SMILES string of the molecule is CCC(CC)(NC(=O)CCC(C)OC)C(N)=S. The van der Waals surface area contributed by atoms with Crippen molar-refractivity contribution in [2.45, 2.75) is 58.1 Å². The van der Waals surface area contributed by atoms with Gasteiger partial charge in [0.1, 0.15) is 0 Å². The average Bonchev–Trinajstić information content (AvgIpc) is 2.32. The number of hydrogen-bond acceptors (Lipinski definition) is 3. The van der Waals surface area contributed by atoms with E-state index in [2.05, 4.69) is 5.32 Å². The van der Waals surface area contributed by atoms with E-state index in [1.807, 2.05) is 20.8 Å². The number of carbonyl (C=O) groups is 1. The van der Waals surface area contributed by atoms with Crippen molar-refractivity contribution in [2.75, 3.05) is 7.11 Å². The number of hydrogen-bond donors (Lipinski definition) is 2.